The van der Waals surface area contributed by atoms with Gasteiger partial charge in [0.2, 0.25) is 0 Å². The zero-order valence-corrected chi connectivity index (χ0v) is 22.8. The van der Waals surface area contributed by atoms with Crippen LogP contribution in [0.4, 0.5) is 26.3 Å². The standard InChI is InChI=1S/C25H16Cl2F6N4O3S/c1-41(39,40)15-5-2-4-13(10-15)14-7-8-16(17(26)11-14)21-19(27)20(23(38)35-12-24(28,29)30)36-37(21)18-6-3-9-34-22(18)25(31,32)33/h2-11H,12H2,1H3,(H,35,38). The number of aromatic nitrogens is 3. The van der Waals surface area contributed by atoms with Crippen LogP contribution in [0.5, 0.6) is 0 Å². The molecule has 4 aromatic rings. The second-order valence-electron chi connectivity index (χ2n) is 8.58. The lowest BCUT2D eigenvalue weighted by molar-refractivity contribution is -0.141. The van der Waals surface area contributed by atoms with Crippen molar-refractivity contribution in [1.82, 2.24) is 20.1 Å². The van der Waals surface area contributed by atoms with Gasteiger partial charge in [0.25, 0.3) is 5.91 Å². The fraction of sp³-hybridized carbons (Fsp3) is 0.160. The van der Waals surface area contributed by atoms with E-state index in [9.17, 15) is 39.6 Å². The minimum absolute atomic E-state index is 0.0287. The Kier molecular flexibility index (Phi) is 8.13. The summed E-state index contributed by atoms with van der Waals surface area (Å²) in [5.74, 6) is -1.39. The highest BCUT2D eigenvalue weighted by molar-refractivity contribution is 7.90. The maximum absolute atomic E-state index is 13.8. The van der Waals surface area contributed by atoms with Gasteiger partial charge in [-0.3, -0.25) is 4.79 Å². The molecule has 7 nitrogen and oxygen atoms in total. The Morgan fingerprint density at radius 1 is 0.976 bits per heavy atom. The summed E-state index contributed by atoms with van der Waals surface area (Å²) in [5.41, 5.74) is -2.36. The average molecular weight is 637 g/mol. The number of halogens is 8. The summed E-state index contributed by atoms with van der Waals surface area (Å²) in [5, 5.41) is 4.74. The molecule has 2 heterocycles. The van der Waals surface area contributed by atoms with E-state index in [2.05, 4.69) is 10.1 Å². The van der Waals surface area contributed by atoms with Crippen LogP contribution in [0.2, 0.25) is 10.0 Å². The predicted octanol–water partition coefficient (Wildman–Crippen LogP) is 6.62. The molecule has 0 aliphatic rings. The number of nitrogens with one attached hydrogen (secondary N) is 1. The number of hydrogen-bond acceptors (Lipinski definition) is 5. The molecule has 16 heteroatoms. The number of pyridine rings is 1. The Bertz CT molecular complexity index is 1750. The van der Waals surface area contributed by atoms with Gasteiger partial charge in [0.05, 0.1) is 21.3 Å². The van der Waals surface area contributed by atoms with Gasteiger partial charge >= 0.3 is 12.4 Å². The van der Waals surface area contributed by atoms with Crippen molar-refractivity contribution >= 4 is 38.9 Å². The lowest BCUT2D eigenvalue weighted by Gasteiger charge is -2.15. The molecule has 0 saturated carbocycles. The molecule has 2 aromatic heterocycles. The number of carbonyl (C=O) groups is 1. The topological polar surface area (TPSA) is 94.0 Å². The van der Waals surface area contributed by atoms with E-state index in [4.69, 9.17) is 23.2 Å². The molecule has 41 heavy (non-hydrogen) atoms. The van der Waals surface area contributed by atoms with Crippen LogP contribution < -0.4 is 5.32 Å². The van der Waals surface area contributed by atoms with Crippen LogP contribution in [0.25, 0.3) is 28.1 Å². The van der Waals surface area contributed by atoms with Crippen molar-refractivity contribution in [1.29, 1.82) is 0 Å². The van der Waals surface area contributed by atoms with Crippen molar-refractivity contribution in [3.63, 3.8) is 0 Å². The van der Waals surface area contributed by atoms with Crippen molar-refractivity contribution in [2.75, 3.05) is 12.8 Å². The molecule has 2 aromatic carbocycles. The molecular formula is C25H16Cl2F6N4O3S. The second kappa shape index (κ2) is 11.0. The molecule has 0 aliphatic carbocycles. The van der Waals surface area contributed by atoms with E-state index in [1.165, 1.54) is 36.4 Å². The van der Waals surface area contributed by atoms with Gasteiger partial charge in [-0.1, -0.05) is 47.5 Å². The van der Waals surface area contributed by atoms with Gasteiger partial charge < -0.3 is 5.32 Å². The quantitative estimate of drug-likeness (QED) is 0.240. The number of amides is 1. The maximum Gasteiger partial charge on any atom is 0.435 e. The first kappa shape index (κ1) is 30.3. The fourth-order valence-electron chi connectivity index (χ4n) is 3.79. The smallest absolute Gasteiger partial charge is 0.341 e. The third kappa shape index (κ3) is 6.66. The highest BCUT2D eigenvalue weighted by atomic mass is 35.5. The van der Waals surface area contributed by atoms with Gasteiger partial charge in [-0.2, -0.15) is 31.4 Å². The van der Waals surface area contributed by atoms with Gasteiger partial charge in [0.1, 0.15) is 11.6 Å². The first-order chi connectivity index (χ1) is 19.0. The van der Waals surface area contributed by atoms with Gasteiger partial charge in [-0.25, -0.2) is 18.1 Å². The Labute approximate surface area is 238 Å². The zero-order valence-electron chi connectivity index (χ0n) is 20.5. The van der Waals surface area contributed by atoms with Crippen LogP contribution in [0.1, 0.15) is 16.2 Å². The molecular weight excluding hydrogens is 621 g/mol. The largest absolute Gasteiger partial charge is 0.435 e. The first-order valence-corrected chi connectivity index (χ1v) is 13.9. The molecule has 0 spiro atoms. The van der Waals surface area contributed by atoms with Crippen LogP contribution in [0, 0.1) is 0 Å². The highest BCUT2D eigenvalue weighted by Crippen LogP contribution is 2.41. The summed E-state index contributed by atoms with van der Waals surface area (Å²) in [6.07, 6.45) is -7.86. The first-order valence-electron chi connectivity index (χ1n) is 11.2. The van der Waals surface area contributed by atoms with Gasteiger partial charge in [0, 0.05) is 18.0 Å². The molecule has 0 radical (unpaired) electrons. The maximum atomic E-state index is 13.8. The number of benzene rings is 2. The molecule has 0 aliphatic heterocycles. The molecule has 0 bridgehead atoms. The fourth-order valence-corrected chi connectivity index (χ4v) is 5.04. The molecule has 0 unspecified atom stereocenters. The van der Waals surface area contributed by atoms with Crippen LogP contribution in [-0.2, 0) is 16.0 Å². The highest BCUT2D eigenvalue weighted by Gasteiger charge is 2.38. The van der Waals surface area contributed by atoms with E-state index in [0.29, 0.717) is 15.8 Å². The summed E-state index contributed by atoms with van der Waals surface area (Å²) in [6.45, 7) is -1.74. The summed E-state index contributed by atoms with van der Waals surface area (Å²) in [4.78, 5) is 16.0. The second-order valence-corrected chi connectivity index (χ2v) is 11.4. The molecule has 0 atom stereocenters. The van der Waals surface area contributed by atoms with Crippen LogP contribution >= 0.6 is 23.2 Å². The summed E-state index contributed by atoms with van der Waals surface area (Å²) >= 11 is 12.9. The SMILES string of the molecule is CS(=O)(=O)c1cccc(-c2ccc(-c3c(Cl)c(C(=O)NCC(F)(F)F)nn3-c3cccnc3C(F)(F)F)c(Cl)c2)c1. The molecule has 0 saturated heterocycles. The number of sulfone groups is 1. The molecule has 0 fully saturated rings. The van der Waals surface area contributed by atoms with E-state index in [1.807, 2.05) is 0 Å². The van der Waals surface area contributed by atoms with Crippen LogP contribution in [-0.4, -0.2) is 48.1 Å². The molecule has 1 N–H and O–H groups in total. The Balaban J connectivity index is 1.91. The van der Waals surface area contributed by atoms with E-state index < -0.39 is 56.7 Å². The number of carbonyl (C=O) groups excluding carboxylic acids is 1. The molecule has 4 rings (SSSR count). The summed E-state index contributed by atoms with van der Waals surface area (Å²) < 4.78 is 104. The van der Waals surface area contributed by atoms with Crippen molar-refractivity contribution in [3.8, 4) is 28.1 Å². The third-order valence-electron chi connectivity index (χ3n) is 5.59. The van der Waals surface area contributed by atoms with E-state index in [-0.39, 0.29) is 21.2 Å². The minimum Gasteiger partial charge on any atom is -0.341 e. The van der Waals surface area contributed by atoms with Crippen LogP contribution in [0.15, 0.2) is 65.7 Å². The zero-order chi connectivity index (χ0) is 30.3. The predicted molar refractivity (Wildman–Crippen MR) is 139 cm³/mol. The van der Waals surface area contributed by atoms with Crippen molar-refractivity contribution in [2.24, 2.45) is 0 Å². The van der Waals surface area contributed by atoms with Gasteiger partial charge in [-0.05, 0) is 41.5 Å². The normalized spacial score (nSPS) is 12.4. The summed E-state index contributed by atoms with van der Waals surface area (Å²) in [7, 11) is -3.54. The Morgan fingerprint density at radius 2 is 1.66 bits per heavy atom. The third-order valence-corrected chi connectivity index (χ3v) is 7.38. The van der Waals surface area contributed by atoms with Gasteiger partial charge in [-0.15, -0.1) is 0 Å². The van der Waals surface area contributed by atoms with Crippen molar-refractivity contribution in [3.05, 3.63) is 82.2 Å². The summed E-state index contributed by atoms with van der Waals surface area (Å²) in [6, 6.07) is 12.2. The average Bonchev–Trinajstić information content (AvgIpc) is 3.22. The minimum atomic E-state index is -4.98. The number of nitrogens with zero attached hydrogens (tertiary/aromatic N) is 3. The monoisotopic (exact) mass is 636 g/mol. The Hall–Kier alpha value is -3.62. The molecule has 1 amide bonds. The van der Waals surface area contributed by atoms with E-state index in [1.54, 1.807) is 11.4 Å². The number of rotatable bonds is 6. The Morgan fingerprint density at radius 3 is 2.27 bits per heavy atom. The van der Waals surface area contributed by atoms with Crippen LogP contribution in [0.3, 0.4) is 0 Å². The van der Waals surface area contributed by atoms with Gasteiger partial charge in [0.15, 0.2) is 21.2 Å². The van der Waals surface area contributed by atoms with Crippen molar-refractivity contribution in [2.45, 2.75) is 17.2 Å². The lowest BCUT2D eigenvalue weighted by atomic mass is 10.0. The van der Waals surface area contributed by atoms with E-state index in [0.717, 1.165) is 24.6 Å². The number of hydrogen-bond donors (Lipinski definition) is 1. The van der Waals surface area contributed by atoms with E-state index >= 15 is 0 Å². The van der Waals surface area contributed by atoms with Crippen molar-refractivity contribution < 1.29 is 39.6 Å². The number of alkyl halides is 6. The lowest BCUT2D eigenvalue weighted by Crippen LogP contribution is -2.34. The molecule has 216 valence electrons.